The third-order valence-corrected chi connectivity index (χ3v) is 4.38. The molecule has 0 heterocycles. The number of hydrogen-bond donors (Lipinski definition) is 0. The van der Waals surface area contributed by atoms with Crippen LogP contribution < -0.4 is 0 Å². The van der Waals surface area contributed by atoms with Gasteiger partial charge in [0.15, 0.2) is 0 Å². The Hall–Kier alpha value is -1.63. The molecular formula is C25H25SiZr. The summed E-state index contributed by atoms with van der Waals surface area (Å²) in [5, 5.41) is 2.69. The molecule has 1 aliphatic carbocycles. The van der Waals surface area contributed by atoms with Gasteiger partial charge in [-0.25, -0.2) is 0 Å². The SMILES string of the molecule is C[SiH]C.Cc1cc2ccccc2[cH-]1.[Zr+2].[c-]1cccc2c1Cc1ccccc1-2. The number of benzene rings is 3. The summed E-state index contributed by atoms with van der Waals surface area (Å²) in [5.41, 5.74) is 6.86. The minimum atomic E-state index is 0. The van der Waals surface area contributed by atoms with Gasteiger partial charge in [0, 0.05) is 9.52 Å². The molecule has 0 nitrogen and oxygen atoms in total. The first-order valence-corrected chi connectivity index (χ1v) is 11.5. The monoisotopic (exact) mass is 443 g/mol. The molecule has 27 heavy (non-hydrogen) atoms. The van der Waals surface area contributed by atoms with Crippen LogP contribution in [0.25, 0.3) is 21.9 Å². The van der Waals surface area contributed by atoms with Gasteiger partial charge in [0.25, 0.3) is 0 Å². The molecule has 1 aliphatic rings. The molecule has 2 heteroatoms. The zero-order valence-corrected chi connectivity index (χ0v) is 19.9. The fourth-order valence-electron chi connectivity index (χ4n) is 3.30. The second-order valence-electron chi connectivity index (χ2n) is 6.64. The molecule has 0 unspecified atom stereocenters. The van der Waals surface area contributed by atoms with Crippen molar-refractivity contribution in [3.8, 4) is 11.1 Å². The van der Waals surface area contributed by atoms with Gasteiger partial charge in [-0.2, -0.15) is 35.9 Å². The number of rotatable bonds is 0. The predicted molar refractivity (Wildman–Crippen MR) is 117 cm³/mol. The van der Waals surface area contributed by atoms with E-state index in [9.17, 15) is 0 Å². The maximum atomic E-state index is 3.30. The first-order chi connectivity index (χ1) is 12.7. The van der Waals surface area contributed by atoms with Gasteiger partial charge in [-0.05, 0) is 6.42 Å². The molecular weight excluding hydrogens is 420 g/mol. The van der Waals surface area contributed by atoms with E-state index in [1.807, 2.05) is 6.07 Å². The van der Waals surface area contributed by atoms with Gasteiger partial charge < -0.3 is 0 Å². The van der Waals surface area contributed by atoms with Gasteiger partial charge >= 0.3 is 26.2 Å². The molecule has 0 fully saturated rings. The van der Waals surface area contributed by atoms with Gasteiger partial charge in [-0.3, -0.25) is 0 Å². The predicted octanol–water partition coefficient (Wildman–Crippen LogP) is 6.44. The molecule has 0 bridgehead atoms. The van der Waals surface area contributed by atoms with E-state index in [0.29, 0.717) is 0 Å². The van der Waals surface area contributed by atoms with Crippen molar-refractivity contribution >= 4 is 20.3 Å². The van der Waals surface area contributed by atoms with Gasteiger partial charge in [0.2, 0.25) is 0 Å². The average molecular weight is 445 g/mol. The van der Waals surface area contributed by atoms with Crippen LogP contribution in [0, 0.1) is 13.0 Å². The summed E-state index contributed by atoms with van der Waals surface area (Å²) < 4.78 is 0. The van der Waals surface area contributed by atoms with E-state index < -0.39 is 0 Å². The van der Waals surface area contributed by atoms with E-state index in [-0.39, 0.29) is 26.2 Å². The van der Waals surface area contributed by atoms with Crippen molar-refractivity contribution in [1.29, 1.82) is 0 Å². The fraction of sp³-hybridized carbons (Fsp3) is 0.160. The third-order valence-electron chi connectivity index (χ3n) is 4.38. The third kappa shape index (κ3) is 5.43. The minimum Gasteiger partial charge on any atom is -0.179 e. The van der Waals surface area contributed by atoms with Crippen LogP contribution in [0.4, 0.5) is 0 Å². The van der Waals surface area contributed by atoms with Gasteiger partial charge in [-0.15, -0.1) is 46.2 Å². The Balaban J connectivity index is 0.000000168. The maximum absolute atomic E-state index is 3.30. The summed E-state index contributed by atoms with van der Waals surface area (Å²) in [5.74, 6) is 0. The first-order valence-electron chi connectivity index (χ1n) is 9.17. The Bertz CT molecular complexity index is 908. The van der Waals surface area contributed by atoms with Crippen LogP contribution in [0.15, 0.2) is 78.9 Å². The molecule has 0 saturated carbocycles. The molecule has 0 aliphatic heterocycles. The van der Waals surface area contributed by atoms with E-state index in [2.05, 4.69) is 98.9 Å². The Morgan fingerprint density at radius 3 is 2.33 bits per heavy atom. The Labute approximate surface area is 185 Å². The zero-order chi connectivity index (χ0) is 18.4. The smallest absolute Gasteiger partial charge is 0.179 e. The van der Waals surface area contributed by atoms with E-state index in [0.717, 1.165) is 15.9 Å². The van der Waals surface area contributed by atoms with Crippen molar-refractivity contribution < 1.29 is 26.2 Å². The Morgan fingerprint density at radius 1 is 0.889 bits per heavy atom. The number of fused-ring (bicyclic) bond motifs is 4. The summed E-state index contributed by atoms with van der Waals surface area (Å²) >= 11 is 0. The minimum absolute atomic E-state index is 0. The summed E-state index contributed by atoms with van der Waals surface area (Å²) in [6.07, 6.45) is 1.05. The van der Waals surface area contributed by atoms with Crippen molar-refractivity contribution in [2.24, 2.45) is 0 Å². The molecule has 0 spiro atoms. The standard InChI is InChI=1S/C13H9.C10H9.C2H7Si.Zr/c1-3-7-12-10(5-1)9-11-6-2-4-8-13(11)12;1-8-6-9-4-2-3-5-10(9)7-8;1-3-2;/h1-5,7-8H,9H2;2-7H,1H3;3H,1-2H3;/q2*-1;;+2. The van der Waals surface area contributed by atoms with Crippen molar-refractivity contribution in [1.82, 2.24) is 0 Å². The Morgan fingerprint density at radius 2 is 1.56 bits per heavy atom. The first kappa shape index (κ1) is 21.7. The fourth-order valence-corrected chi connectivity index (χ4v) is 3.30. The topological polar surface area (TPSA) is 0 Å². The molecule has 0 saturated heterocycles. The Kier molecular flexibility index (Phi) is 8.54. The molecule has 4 aromatic carbocycles. The van der Waals surface area contributed by atoms with Crippen LogP contribution >= 0.6 is 0 Å². The summed E-state index contributed by atoms with van der Waals surface area (Å²) in [4.78, 5) is 0. The molecule has 4 aromatic rings. The van der Waals surface area contributed by atoms with Crippen LogP contribution in [0.2, 0.25) is 13.1 Å². The van der Waals surface area contributed by atoms with Gasteiger partial charge in [0.05, 0.1) is 0 Å². The summed E-state index contributed by atoms with van der Waals surface area (Å²) in [7, 11) is 0.750. The van der Waals surface area contributed by atoms with Crippen LogP contribution in [0.1, 0.15) is 16.7 Å². The number of hydrogen-bond acceptors (Lipinski definition) is 0. The maximum Gasteiger partial charge on any atom is 2.00 e. The van der Waals surface area contributed by atoms with E-state index in [1.165, 1.54) is 38.6 Å². The second kappa shape index (κ2) is 10.6. The van der Waals surface area contributed by atoms with Gasteiger partial charge in [0.1, 0.15) is 0 Å². The molecule has 0 atom stereocenters. The molecule has 1 radical (unpaired) electrons. The van der Waals surface area contributed by atoms with E-state index in [1.54, 1.807) is 0 Å². The molecule has 0 aromatic heterocycles. The van der Waals surface area contributed by atoms with Crippen LogP contribution in [0.3, 0.4) is 0 Å². The normalized spacial score (nSPS) is 10.5. The summed E-state index contributed by atoms with van der Waals surface area (Å²) in [6, 6.07) is 30.9. The number of aryl methyl sites for hydroxylation is 1. The molecule has 0 amide bonds. The van der Waals surface area contributed by atoms with Crippen LogP contribution in [-0.4, -0.2) is 9.52 Å². The quantitative estimate of drug-likeness (QED) is 0.190. The molecule has 5 rings (SSSR count). The average Bonchev–Trinajstić information content (AvgIpc) is 3.22. The summed E-state index contributed by atoms with van der Waals surface area (Å²) in [6.45, 7) is 6.54. The van der Waals surface area contributed by atoms with E-state index >= 15 is 0 Å². The van der Waals surface area contributed by atoms with Crippen molar-refractivity contribution in [3.05, 3.63) is 102 Å². The molecule has 133 valence electrons. The van der Waals surface area contributed by atoms with E-state index in [4.69, 9.17) is 0 Å². The van der Waals surface area contributed by atoms with Gasteiger partial charge in [-0.1, -0.05) is 61.5 Å². The van der Waals surface area contributed by atoms with Crippen molar-refractivity contribution in [2.45, 2.75) is 26.4 Å². The zero-order valence-electron chi connectivity index (χ0n) is 16.3. The second-order valence-corrected chi connectivity index (χ2v) is 7.79. The largest absolute Gasteiger partial charge is 2.00 e. The molecule has 0 N–H and O–H groups in total. The van der Waals surface area contributed by atoms with Crippen LogP contribution in [-0.2, 0) is 32.6 Å². The van der Waals surface area contributed by atoms with Crippen molar-refractivity contribution in [3.63, 3.8) is 0 Å². The van der Waals surface area contributed by atoms with Crippen molar-refractivity contribution in [2.75, 3.05) is 0 Å². The van der Waals surface area contributed by atoms with Crippen LogP contribution in [0.5, 0.6) is 0 Å².